The summed E-state index contributed by atoms with van der Waals surface area (Å²) >= 11 is 0. The molecule has 6 rings (SSSR count). The standard InChI is InChI=1S/C25H26O4/c26-22-4-1-15(2-6-24(28)29)10-20(22)19-3-5-23(27)21(11-19)25-12-16-7-17(13-25)9-18(8-16)14-25/h1-6,10-11,16-18,26-27H,7-9,12-14H2,(H,28,29)/b6-2+. The van der Waals surface area contributed by atoms with Crippen molar-refractivity contribution in [2.45, 2.75) is 43.9 Å². The fourth-order valence-electron chi connectivity index (χ4n) is 6.62. The van der Waals surface area contributed by atoms with Crippen LogP contribution in [0.5, 0.6) is 11.5 Å². The SMILES string of the molecule is O=C(O)/C=C/c1ccc(O)c(-c2ccc(O)c(C34CC5CC(CC(C5)C3)C4)c2)c1. The molecule has 4 saturated carbocycles. The normalized spacial score (nSPS) is 30.1. The summed E-state index contributed by atoms with van der Waals surface area (Å²) in [6.07, 6.45) is 10.1. The van der Waals surface area contributed by atoms with Crippen LogP contribution in [0.25, 0.3) is 17.2 Å². The predicted molar refractivity (Wildman–Crippen MR) is 112 cm³/mol. The lowest BCUT2D eigenvalue weighted by Gasteiger charge is -2.57. The predicted octanol–water partition coefficient (Wildman–Crippen LogP) is 5.33. The van der Waals surface area contributed by atoms with E-state index in [9.17, 15) is 15.0 Å². The Morgan fingerprint density at radius 2 is 1.52 bits per heavy atom. The van der Waals surface area contributed by atoms with E-state index < -0.39 is 5.97 Å². The molecule has 4 nitrogen and oxygen atoms in total. The molecule has 4 aliphatic carbocycles. The van der Waals surface area contributed by atoms with E-state index in [-0.39, 0.29) is 11.2 Å². The van der Waals surface area contributed by atoms with Crippen LogP contribution in [0.3, 0.4) is 0 Å². The molecule has 0 saturated heterocycles. The van der Waals surface area contributed by atoms with E-state index in [2.05, 4.69) is 6.07 Å². The maximum Gasteiger partial charge on any atom is 0.328 e. The zero-order chi connectivity index (χ0) is 20.2. The van der Waals surface area contributed by atoms with Gasteiger partial charge in [-0.3, -0.25) is 0 Å². The van der Waals surface area contributed by atoms with Gasteiger partial charge in [0.15, 0.2) is 0 Å². The summed E-state index contributed by atoms with van der Waals surface area (Å²) in [5.74, 6) is 1.84. The number of carboxylic acids is 1. The molecule has 0 atom stereocenters. The number of rotatable bonds is 4. The highest BCUT2D eigenvalue weighted by atomic mass is 16.4. The van der Waals surface area contributed by atoms with Gasteiger partial charge in [-0.25, -0.2) is 4.79 Å². The van der Waals surface area contributed by atoms with Gasteiger partial charge in [-0.05, 0) is 103 Å². The summed E-state index contributed by atoms with van der Waals surface area (Å²) in [5, 5.41) is 30.1. The number of phenols is 2. The lowest BCUT2D eigenvalue weighted by molar-refractivity contribution is -0.131. The fraction of sp³-hybridized carbons (Fsp3) is 0.400. The van der Waals surface area contributed by atoms with Crippen molar-refractivity contribution in [2.24, 2.45) is 17.8 Å². The van der Waals surface area contributed by atoms with Crippen LogP contribution in [-0.2, 0) is 10.2 Å². The van der Waals surface area contributed by atoms with Gasteiger partial charge in [-0.2, -0.15) is 0 Å². The van der Waals surface area contributed by atoms with E-state index in [1.165, 1.54) is 25.3 Å². The van der Waals surface area contributed by atoms with Crippen LogP contribution >= 0.6 is 0 Å². The average molecular weight is 390 g/mol. The Balaban J connectivity index is 1.56. The van der Waals surface area contributed by atoms with Crippen LogP contribution in [0.1, 0.15) is 49.7 Å². The summed E-state index contributed by atoms with van der Waals surface area (Å²) in [6.45, 7) is 0. The molecule has 2 aromatic carbocycles. The number of hydrogen-bond donors (Lipinski definition) is 3. The minimum atomic E-state index is -1.01. The van der Waals surface area contributed by atoms with Crippen LogP contribution in [0, 0.1) is 17.8 Å². The van der Waals surface area contributed by atoms with Crippen molar-refractivity contribution in [1.29, 1.82) is 0 Å². The first-order valence-electron chi connectivity index (χ1n) is 10.5. The molecule has 0 aliphatic heterocycles. The van der Waals surface area contributed by atoms with Crippen molar-refractivity contribution in [3.63, 3.8) is 0 Å². The second kappa shape index (κ2) is 6.65. The second-order valence-corrected chi connectivity index (χ2v) is 9.38. The lowest BCUT2D eigenvalue weighted by atomic mass is 9.48. The molecule has 4 bridgehead atoms. The molecular weight excluding hydrogens is 364 g/mol. The van der Waals surface area contributed by atoms with Crippen molar-refractivity contribution >= 4 is 12.0 Å². The molecule has 0 aromatic heterocycles. The third-order valence-electron chi connectivity index (χ3n) is 7.36. The highest BCUT2D eigenvalue weighted by Crippen LogP contribution is 2.62. The van der Waals surface area contributed by atoms with Gasteiger partial charge in [0, 0.05) is 17.2 Å². The first-order chi connectivity index (χ1) is 13.9. The highest BCUT2D eigenvalue weighted by molar-refractivity contribution is 5.86. The minimum absolute atomic E-state index is 0.0608. The van der Waals surface area contributed by atoms with E-state index in [0.29, 0.717) is 16.9 Å². The van der Waals surface area contributed by atoms with Gasteiger partial charge >= 0.3 is 5.97 Å². The van der Waals surface area contributed by atoms with E-state index in [1.807, 2.05) is 6.07 Å². The maximum absolute atomic E-state index is 10.8. The quantitative estimate of drug-likeness (QED) is 0.617. The molecule has 150 valence electrons. The van der Waals surface area contributed by atoms with Gasteiger partial charge in [0.05, 0.1) is 0 Å². The molecule has 4 aliphatic rings. The Morgan fingerprint density at radius 3 is 2.14 bits per heavy atom. The number of phenolic OH excluding ortho intramolecular Hbond substituents is 2. The van der Waals surface area contributed by atoms with Gasteiger partial charge in [0.1, 0.15) is 11.5 Å². The first kappa shape index (κ1) is 18.3. The van der Waals surface area contributed by atoms with E-state index >= 15 is 0 Å². The summed E-state index contributed by atoms with van der Waals surface area (Å²) in [7, 11) is 0. The molecule has 29 heavy (non-hydrogen) atoms. The molecule has 0 spiro atoms. The number of carbonyl (C=O) groups is 1. The van der Waals surface area contributed by atoms with Crippen molar-refractivity contribution in [1.82, 2.24) is 0 Å². The Morgan fingerprint density at radius 1 is 0.897 bits per heavy atom. The van der Waals surface area contributed by atoms with Crippen LogP contribution in [-0.4, -0.2) is 21.3 Å². The lowest BCUT2D eigenvalue weighted by Crippen LogP contribution is -2.48. The molecule has 3 N–H and O–H groups in total. The van der Waals surface area contributed by atoms with Crippen LogP contribution in [0.2, 0.25) is 0 Å². The Kier molecular flexibility index (Phi) is 4.19. The maximum atomic E-state index is 10.8. The van der Waals surface area contributed by atoms with Crippen LogP contribution in [0.4, 0.5) is 0 Å². The summed E-state index contributed by atoms with van der Waals surface area (Å²) in [5.41, 5.74) is 3.32. The Hall–Kier alpha value is -2.75. The topological polar surface area (TPSA) is 77.8 Å². The largest absolute Gasteiger partial charge is 0.508 e. The van der Waals surface area contributed by atoms with Crippen molar-refractivity contribution in [3.05, 3.63) is 53.6 Å². The summed E-state index contributed by atoms with van der Waals surface area (Å²) in [6, 6.07) is 10.7. The summed E-state index contributed by atoms with van der Waals surface area (Å²) < 4.78 is 0. The third kappa shape index (κ3) is 3.21. The van der Waals surface area contributed by atoms with Gasteiger partial charge in [0.25, 0.3) is 0 Å². The zero-order valence-corrected chi connectivity index (χ0v) is 16.3. The number of aliphatic carboxylic acids is 1. The van der Waals surface area contributed by atoms with Gasteiger partial charge < -0.3 is 15.3 Å². The molecule has 0 radical (unpaired) electrons. The van der Waals surface area contributed by atoms with Crippen molar-refractivity contribution in [3.8, 4) is 22.6 Å². The van der Waals surface area contributed by atoms with Crippen molar-refractivity contribution in [2.75, 3.05) is 0 Å². The number of hydrogen-bond acceptors (Lipinski definition) is 3. The summed E-state index contributed by atoms with van der Waals surface area (Å²) in [4.78, 5) is 10.8. The number of aromatic hydroxyl groups is 2. The minimum Gasteiger partial charge on any atom is -0.508 e. The van der Waals surface area contributed by atoms with Gasteiger partial charge in [-0.15, -0.1) is 0 Å². The molecule has 0 heterocycles. The Bertz CT molecular complexity index is 969. The number of carboxylic acid groups (broad SMARTS) is 1. The average Bonchev–Trinajstić information content (AvgIpc) is 2.66. The van der Waals surface area contributed by atoms with Crippen LogP contribution < -0.4 is 0 Å². The van der Waals surface area contributed by atoms with E-state index in [0.717, 1.165) is 54.2 Å². The van der Waals surface area contributed by atoms with Gasteiger partial charge in [-0.1, -0.05) is 12.1 Å². The van der Waals surface area contributed by atoms with Gasteiger partial charge in [0.2, 0.25) is 0 Å². The van der Waals surface area contributed by atoms with Crippen LogP contribution in [0.15, 0.2) is 42.5 Å². The van der Waals surface area contributed by atoms with Crippen molar-refractivity contribution < 1.29 is 20.1 Å². The number of benzene rings is 2. The third-order valence-corrected chi connectivity index (χ3v) is 7.36. The molecule has 0 amide bonds. The van der Waals surface area contributed by atoms with E-state index in [4.69, 9.17) is 5.11 Å². The molecule has 4 fully saturated rings. The molecule has 4 heteroatoms. The molecule has 0 unspecified atom stereocenters. The first-order valence-corrected chi connectivity index (χ1v) is 10.5. The molecular formula is C25H26O4. The smallest absolute Gasteiger partial charge is 0.328 e. The monoisotopic (exact) mass is 390 g/mol. The zero-order valence-electron chi connectivity index (χ0n) is 16.3. The second-order valence-electron chi connectivity index (χ2n) is 9.38. The Labute approximate surface area is 170 Å². The van der Waals surface area contributed by atoms with E-state index in [1.54, 1.807) is 24.3 Å². The molecule has 2 aromatic rings. The fourth-order valence-corrected chi connectivity index (χ4v) is 6.62. The highest BCUT2D eigenvalue weighted by Gasteiger charge is 2.52.